The topological polar surface area (TPSA) is 86.5 Å². The summed E-state index contributed by atoms with van der Waals surface area (Å²) in [5, 5.41) is 13.4. The molecule has 0 spiro atoms. The molecule has 26 heavy (non-hydrogen) atoms. The number of halogens is 1. The van der Waals surface area contributed by atoms with Gasteiger partial charge in [-0.3, -0.25) is 20.2 Å². The maximum Gasteiger partial charge on any atom is 0.167 e. The van der Waals surface area contributed by atoms with Gasteiger partial charge in [0.1, 0.15) is 17.9 Å². The maximum atomic E-state index is 9.36. The predicted molar refractivity (Wildman–Crippen MR) is 98.4 cm³/mol. The van der Waals surface area contributed by atoms with E-state index in [9.17, 15) is 5.26 Å². The van der Waals surface area contributed by atoms with Gasteiger partial charge >= 0.3 is 0 Å². The van der Waals surface area contributed by atoms with Gasteiger partial charge in [-0.2, -0.15) is 10.4 Å². The van der Waals surface area contributed by atoms with Gasteiger partial charge in [0.25, 0.3) is 0 Å². The number of pyridine rings is 2. The summed E-state index contributed by atoms with van der Waals surface area (Å²) in [6.45, 7) is 2.70. The summed E-state index contributed by atoms with van der Waals surface area (Å²) in [6.07, 6.45) is 9.07. The third-order valence-corrected chi connectivity index (χ3v) is 4.81. The van der Waals surface area contributed by atoms with Gasteiger partial charge in [0, 0.05) is 29.7 Å². The second-order valence-corrected chi connectivity index (χ2v) is 6.43. The fourth-order valence-electron chi connectivity index (χ4n) is 3.30. The molecule has 1 aliphatic rings. The first kappa shape index (κ1) is 16.5. The van der Waals surface area contributed by atoms with E-state index in [1.165, 1.54) is 0 Å². The number of nitriles is 1. The van der Waals surface area contributed by atoms with E-state index in [0.29, 0.717) is 22.8 Å². The SMILES string of the molecule is CC(c1cc(Cl)c2c(C#N)ncn2c1-c1cccnc1)N1C=CCN1N. The Morgan fingerprint density at radius 3 is 2.92 bits per heavy atom. The van der Waals surface area contributed by atoms with Crippen LogP contribution in [0.15, 0.2) is 49.2 Å². The Bertz CT molecular complexity index is 1040. The van der Waals surface area contributed by atoms with Crippen LogP contribution in [0.5, 0.6) is 0 Å². The summed E-state index contributed by atoms with van der Waals surface area (Å²) < 4.78 is 1.85. The largest absolute Gasteiger partial charge is 0.296 e. The fourth-order valence-corrected chi connectivity index (χ4v) is 3.60. The molecule has 0 radical (unpaired) electrons. The molecule has 0 saturated heterocycles. The maximum absolute atomic E-state index is 9.36. The normalized spacial score (nSPS) is 15.5. The smallest absolute Gasteiger partial charge is 0.167 e. The molecule has 1 atom stereocenters. The van der Waals surface area contributed by atoms with Crippen LogP contribution in [0.25, 0.3) is 16.8 Å². The number of hydrogen-bond acceptors (Lipinski definition) is 6. The van der Waals surface area contributed by atoms with E-state index in [4.69, 9.17) is 17.4 Å². The zero-order valence-corrected chi connectivity index (χ0v) is 14.8. The van der Waals surface area contributed by atoms with Crippen molar-refractivity contribution in [1.82, 2.24) is 24.5 Å². The van der Waals surface area contributed by atoms with E-state index < -0.39 is 0 Å². The van der Waals surface area contributed by atoms with E-state index in [-0.39, 0.29) is 6.04 Å². The molecule has 7 nitrogen and oxygen atoms in total. The lowest BCUT2D eigenvalue weighted by molar-refractivity contribution is 0.0158. The predicted octanol–water partition coefficient (Wildman–Crippen LogP) is 2.90. The van der Waals surface area contributed by atoms with Crippen molar-refractivity contribution < 1.29 is 0 Å². The van der Waals surface area contributed by atoms with Crippen LogP contribution in [0, 0.1) is 11.3 Å². The van der Waals surface area contributed by atoms with Crippen LogP contribution in [-0.4, -0.2) is 31.0 Å². The summed E-state index contributed by atoms with van der Waals surface area (Å²) >= 11 is 6.53. The number of hydrazine groups is 2. The number of aromatic nitrogens is 3. The molecular formula is C18H16ClN7. The lowest BCUT2D eigenvalue weighted by Gasteiger charge is -2.32. The molecule has 1 unspecified atom stereocenters. The Labute approximate surface area is 155 Å². The number of nitrogens with two attached hydrogens (primary N) is 1. The van der Waals surface area contributed by atoms with Crippen LogP contribution in [-0.2, 0) is 0 Å². The first-order chi connectivity index (χ1) is 12.6. The summed E-state index contributed by atoms with van der Waals surface area (Å²) in [5.74, 6) is 6.07. The summed E-state index contributed by atoms with van der Waals surface area (Å²) in [7, 11) is 0. The highest BCUT2D eigenvalue weighted by atomic mass is 35.5. The molecule has 3 aromatic heterocycles. The van der Waals surface area contributed by atoms with Crippen molar-refractivity contribution in [2.24, 2.45) is 5.84 Å². The quantitative estimate of drug-likeness (QED) is 0.718. The number of nitrogens with zero attached hydrogens (tertiary/aromatic N) is 6. The molecule has 4 heterocycles. The second-order valence-electron chi connectivity index (χ2n) is 6.02. The van der Waals surface area contributed by atoms with Crippen LogP contribution in [0.1, 0.15) is 24.2 Å². The minimum absolute atomic E-state index is 0.0798. The third kappa shape index (κ3) is 2.52. The van der Waals surface area contributed by atoms with Gasteiger partial charge in [0.05, 0.1) is 23.3 Å². The average Bonchev–Trinajstić information content (AvgIpc) is 3.28. The fraction of sp³-hybridized carbons (Fsp3) is 0.167. The molecule has 3 aromatic rings. The first-order valence-electron chi connectivity index (χ1n) is 8.09. The molecule has 8 heteroatoms. The molecule has 2 N–H and O–H groups in total. The molecule has 0 saturated carbocycles. The Morgan fingerprint density at radius 2 is 2.27 bits per heavy atom. The lowest BCUT2D eigenvalue weighted by Crippen LogP contribution is -2.42. The molecule has 130 valence electrons. The van der Waals surface area contributed by atoms with Gasteiger partial charge < -0.3 is 0 Å². The van der Waals surface area contributed by atoms with Gasteiger partial charge in [-0.25, -0.2) is 4.98 Å². The number of rotatable bonds is 3. The molecule has 0 amide bonds. The molecule has 0 bridgehead atoms. The molecule has 0 aliphatic carbocycles. The van der Waals surface area contributed by atoms with Gasteiger partial charge in [-0.05, 0) is 31.2 Å². The standard InChI is InChI=1S/C18H16ClN7/c1-12(25-6-3-7-26(25)21)14-8-15(19)18-16(9-20)23-11-24(18)17(14)13-4-2-5-22-10-13/h2-6,8,10-12H,7,21H2,1H3. The highest BCUT2D eigenvalue weighted by Gasteiger charge is 2.26. The zero-order chi connectivity index (χ0) is 18.3. The molecular weight excluding hydrogens is 350 g/mol. The van der Waals surface area contributed by atoms with E-state index in [2.05, 4.69) is 23.0 Å². The van der Waals surface area contributed by atoms with E-state index >= 15 is 0 Å². The lowest BCUT2D eigenvalue weighted by atomic mass is 10.0. The highest BCUT2D eigenvalue weighted by molar-refractivity contribution is 6.34. The van der Waals surface area contributed by atoms with Crippen LogP contribution in [0.2, 0.25) is 5.02 Å². The van der Waals surface area contributed by atoms with Gasteiger partial charge in [-0.15, -0.1) is 0 Å². The molecule has 4 rings (SSSR count). The van der Waals surface area contributed by atoms with Crippen molar-refractivity contribution in [3.63, 3.8) is 0 Å². The second kappa shape index (κ2) is 6.42. The van der Waals surface area contributed by atoms with Crippen molar-refractivity contribution >= 4 is 17.1 Å². The van der Waals surface area contributed by atoms with E-state index in [1.807, 2.05) is 39.9 Å². The first-order valence-corrected chi connectivity index (χ1v) is 8.46. The van der Waals surface area contributed by atoms with E-state index in [1.54, 1.807) is 23.8 Å². The minimum Gasteiger partial charge on any atom is -0.296 e. The Balaban J connectivity index is 2.00. The van der Waals surface area contributed by atoms with Gasteiger partial charge in [0.15, 0.2) is 5.69 Å². The van der Waals surface area contributed by atoms with Crippen LogP contribution in [0.4, 0.5) is 0 Å². The summed E-state index contributed by atoms with van der Waals surface area (Å²) in [5.41, 5.74) is 3.63. The summed E-state index contributed by atoms with van der Waals surface area (Å²) in [4.78, 5) is 8.44. The van der Waals surface area contributed by atoms with Crippen LogP contribution >= 0.6 is 11.6 Å². The molecule has 0 fully saturated rings. The van der Waals surface area contributed by atoms with Crippen LogP contribution < -0.4 is 5.84 Å². The monoisotopic (exact) mass is 365 g/mol. The molecule has 0 aromatic carbocycles. The van der Waals surface area contributed by atoms with Crippen molar-refractivity contribution in [1.29, 1.82) is 5.26 Å². The van der Waals surface area contributed by atoms with E-state index in [0.717, 1.165) is 16.8 Å². The van der Waals surface area contributed by atoms with Crippen molar-refractivity contribution in [3.8, 4) is 17.3 Å². The van der Waals surface area contributed by atoms with Crippen molar-refractivity contribution in [2.75, 3.05) is 6.54 Å². The Kier molecular flexibility index (Phi) is 4.09. The number of imidazole rings is 1. The Morgan fingerprint density at radius 1 is 1.42 bits per heavy atom. The minimum atomic E-state index is -0.0798. The average molecular weight is 366 g/mol. The zero-order valence-electron chi connectivity index (χ0n) is 14.0. The van der Waals surface area contributed by atoms with Crippen molar-refractivity contribution in [2.45, 2.75) is 13.0 Å². The summed E-state index contributed by atoms with van der Waals surface area (Å²) in [6, 6.07) is 7.74. The molecule has 1 aliphatic heterocycles. The number of fused-ring (bicyclic) bond motifs is 1. The third-order valence-electron chi connectivity index (χ3n) is 4.53. The Hall–Kier alpha value is -2.92. The van der Waals surface area contributed by atoms with Gasteiger partial charge in [-0.1, -0.05) is 11.6 Å². The highest BCUT2D eigenvalue weighted by Crippen LogP contribution is 2.37. The van der Waals surface area contributed by atoms with Gasteiger partial charge in [0.2, 0.25) is 0 Å². The number of hydrogen-bond donors (Lipinski definition) is 1. The van der Waals surface area contributed by atoms with Crippen LogP contribution in [0.3, 0.4) is 0 Å². The van der Waals surface area contributed by atoms with Crippen molar-refractivity contribution in [3.05, 3.63) is 65.5 Å².